The Labute approximate surface area is 51.9 Å². The van der Waals surface area contributed by atoms with E-state index in [0.29, 0.717) is 0 Å². The highest BCUT2D eigenvalue weighted by Gasteiger charge is 1.73. The van der Waals surface area contributed by atoms with Gasteiger partial charge in [0.25, 0.3) is 0 Å². The first kappa shape index (κ1) is 9.57. The third kappa shape index (κ3) is 10.9. The predicted octanol–water partition coefficient (Wildman–Crippen LogP) is -2.23. The smallest absolute Gasteiger partial charge is 0.199 e. The second-order valence-electron chi connectivity index (χ2n) is 0.650. The minimum atomic E-state index is -0.322. The van der Waals surface area contributed by atoms with Crippen molar-refractivity contribution in [2.24, 2.45) is 5.73 Å². The number of nitrogens with two attached hydrogens (primary N) is 1. The van der Waals surface area contributed by atoms with Gasteiger partial charge in [-0.05, 0) is 0 Å². The van der Waals surface area contributed by atoms with Gasteiger partial charge in [0, 0.05) is 0 Å². The van der Waals surface area contributed by atoms with Crippen LogP contribution in [-0.4, -0.2) is 23.3 Å². The standard InChI is InChI=1S/C2H4N4.Al.3H/c3-1-6-2(4)5;;;;/h(H4,4,5,6);;;;. The van der Waals surface area contributed by atoms with Crippen LogP contribution in [0.25, 0.3) is 0 Å². The molecule has 0 aliphatic carbocycles. The molecule has 5 heteroatoms. The Hall–Kier alpha value is -0.708. The molecule has 0 aliphatic heterocycles. The average molecular weight is 114 g/mol. The summed E-state index contributed by atoms with van der Waals surface area (Å²) in [4.78, 5) is 0. The lowest BCUT2D eigenvalue weighted by atomic mass is 11.0. The van der Waals surface area contributed by atoms with Gasteiger partial charge in [0.2, 0.25) is 0 Å². The van der Waals surface area contributed by atoms with Gasteiger partial charge in [-0.15, -0.1) is 0 Å². The Balaban J connectivity index is 0. The summed E-state index contributed by atoms with van der Waals surface area (Å²) in [6.07, 6.45) is 1.47. The van der Waals surface area contributed by atoms with Crippen LogP contribution >= 0.6 is 0 Å². The quantitative estimate of drug-likeness (QED) is 0.109. The molecule has 0 amide bonds. The fraction of sp³-hybridized carbons (Fsp3) is 0. The monoisotopic (exact) mass is 114 g/mol. The minimum absolute atomic E-state index is 0. The van der Waals surface area contributed by atoms with E-state index in [1.54, 1.807) is 0 Å². The maximum atomic E-state index is 7.65. The van der Waals surface area contributed by atoms with Crippen LogP contribution in [0.2, 0.25) is 0 Å². The van der Waals surface area contributed by atoms with E-state index in [2.05, 4.69) is 5.73 Å². The maximum Gasteiger partial charge on any atom is 0.199 e. The summed E-state index contributed by atoms with van der Waals surface area (Å²) < 4.78 is 0. The molecule has 4 nitrogen and oxygen atoms in total. The number of hydrogen-bond acceptors (Lipinski definition) is 2. The summed E-state index contributed by atoms with van der Waals surface area (Å²) in [7, 11) is 0. The predicted molar refractivity (Wildman–Crippen MR) is 30.6 cm³/mol. The van der Waals surface area contributed by atoms with Crippen molar-refractivity contribution in [3.8, 4) is 6.19 Å². The lowest BCUT2D eigenvalue weighted by Crippen LogP contribution is -2.25. The number of rotatable bonds is 0. The summed E-state index contributed by atoms with van der Waals surface area (Å²) >= 11 is 0. The van der Waals surface area contributed by atoms with Gasteiger partial charge in [-0.2, -0.15) is 5.26 Å². The maximum absolute atomic E-state index is 7.65. The molecule has 0 aliphatic rings. The van der Waals surface area contributed by atoms with Crippen LogP contribution in [0, 0.1) is 16.9 Å². The molecule has 0 radical (unpaired) electrons. The molecule has 0 saturated heterocycles. The highest BCUT2D eigenvalue weighted by molar-refractivity contribution is 5.75. The second-order valence-corrected chi connectivity index (χ2v) is 0.650. The van der Waals surface area contributed by atoms with Gasteiger partial charge in [0.05, 0.1) is 0 Å². The van der Waals surface area contributed by atoms with Crippen LogP contribution in [0.15, 0.2) is 0 Å². The second kappa shape index (κ2) is 5.29. The van der Waals surface area contributed by atoms with E-state index in [-0.39, 0.29) is 23.3 Å². The van der Waals surface area contributed by atoms with Gasteiger partial charge < -0.3 is 5.73 Å². The lowest BCUT2D eigenvalue weighted by Gasteiger charge is -1.82. The zero-order valence-corrected chi connectivity index (χ0v) is 3.02. The third-order valence-electron chi connectivity index (χ3n) is 0.191. The van der Waals surface area contributed by atoms with Crippen LogP contribution in [0.5, 0.6) is 0 Å². The number of hydrogen-bond donors (Lipinski definition) is 3. The molecule has 0 aromatic rings. The highest BCUT2D eigenvalue weighted by Crippen LogP contribution is 1.37. The molecule has 0 bridgehead atoms. The molecule has 0 rings (SSSR count). The third-order valence-corrected chi connectivity index (χ3v) is 0.191. The Kier molecular flexibility index (Phi) is 7.23. The van der Waals surface area contributed by atoms with E-state index in [4.69, 9.17) is 10.7 Å². The van der Waals surface area contributed by atoms with Gasteiger partial charge in [0.15, 0.2) is 29.5 Å². The summed E-state index contributed by atoms with van der Waals surface area (Å²) in [5.74, 6) is -0.322. The van der Waals surface area contributed by atoms with Gasteiger partial charge in [-0.25, -0.2) is 0 Å². The summed E-state index contributed by atoms with van der Waals surface area (Å²) in [6.45, 7) is 0. The molecule has 0 spiro atoms. The topological polar surface area (TPSA) is 85.7 Å². The Morgan fingerprint density at radius 1 is 1.86 bits per heavy atom. The zero-order chi connectivity index (χ0) is 4.99. The van der Waals surface area contributed by atoms with E-state index < -0.39 is 0 Å². The van der Waals surface area contributed by atoms with Crippen LogP contribution < -0.4 is 11.1 Å². The first-order chi connectivity index (χ1) is 2.77. The van der Waals surface area contributed by atoms with E-state index >= 15 is 0 Å². The molecule has 0 fully saturated rings. The van der Waals surface area contributed by atoms with Gasteiger partial charge in [0.1, 0.15) is 0 Å². The van der Waals surface area contributed by atoms with Crippen molar-refractivity contribution in [1.29, 1.82) is 10.7 Å². The first-order valence-corrected chi connectivity index (χ1v) is 1.26. The van der Waals surface area contributed by atoms with E-state index in [0.717, 1.165) is 0 Å². The molecular weight excluding hydrogens is 107 g/mol. The molecular formula is C2H7AlN4. The number of nitrogens with one attached hydrogen (secondary N) is 2. The van der Waals surface area contributed by atoms with Gasteiger partial charge in [-0.1, -0.05) is 0 Å². The van der Waals surface area contributed by atoms with Crippen molar-refractivity contribution in [3.05, 3.63) is 0 Å². The SMILES string of the molecule is N#CNC(=N)N.[AlH3]. The highest BCUT2D eigenvalue weighted by atomic mass is 27.0. The summed E-state index contributed by atoms with van der Waals surface area (Å²) in [6, 6.07) is 0. The number of nitrogens with zero attached hydrogens (tertiary/aromatic N) is 1. The Morgan fingerprint density at radius 2 is 2.29 bits per heavy atom. The van der Waals surface area contributed by atoms with Crippen molar-refractivity contribution in [2.45, 2.75) is 0 Å². The van der Waals surface area contributed by atoms with E-state index in [1.165, 1.54) is 6.19 Å². The Morgan fingerprint density at radius 3 is 2.29 bits per heavy atom. The van der Waals surface area contributed by atoms with Crippen LogP contribution in [-0.2, 0) is 0 Å². The molecule has 4 N–H and O–H groups in total. The minimum Gasteiger partial charge on any atom is -0.369 e. The van der Waals surface area contributed by atoms with Crippen molar-refractivity contribution in [2.75, 3.05) is 0 Å². The fourth-order valence-electron chi connectivity index (χ4n) is 0.0602. The van der Waals surface area contributed by atoms with Crippen molar-refractivity contribution >= 4 is 23.3 Å². The Bertz CT molecular complexity index is 92.4. The molecule has 0 heterocycles. The molecule has 7 heavy (non-hydrogen) atoms. The number of nitriles is 1. The van der Waals surface area contributed by atoms with Crippen molar-refractivity contribution in [3.63, 3.8) is 0 Å². The van der Waals surface area contributed by atoms with E-state index in [9.17, 15) is 0 Å². The van der Waals surface area contributed by atoms with Gasteiger partial charge >= 0.3 is 0 Å². The largest absolute Gasteiger partial charge is 0.369 e. The van der Waals surface area contributed by atoms with Crippen molar-refractivity contribution < 1.29 is 0 Å². The summed E-state index contributed by atoms with van der Waals surface area (Å²) in [5.41, 5.74) is 4.65. The summed E-state index contributed by atoms with van der Waals surface area (Å²) in [5, 5.41) is 15.9. The molecule has 0 aromatic heterocycles. The lowest BCUT2D eigenvalue weighted by molar-refractivity contribution is 1.19. The zero-order valence-electron chi connectivity index (χ0n) is 3.02. The van der Waals surface area contributed by atoms with E-state index in [1.807, 2.05) is 5.32 Å². The number of guanidine groups is 1. The molecule has 0 aromatic carbocycles. The van der Waals surface area contributed by atoms with Crippen molar-refractivity contribution in [1.82, 2.24) is 5.32 Å². The molecule has 0 atom stereocenters. The normalized spacial score (nSPS) is 5.00. The van der Waals surface area contributed by atoms with Crippen LogP contribution in [0.1, 0.15) is 0 Å². The van der Waals surface area contributed by atoms with Crippen LogP contribution in [0.3, 0.4) is 0 Å². The fourth-order valence-corrected chi connectivity index (χ4v) is 0.0602. The first-order valence-electron chi connectivity index (χ1n) is 1.26. The molecule has 38 valence electrons. The van der Waals surface area contributed by atoms with Crippen LogP contribution in [0.4, 0.5) is 0 Å². The average Bonchev–Trinajstić information content (AvgIpc) is 1.35. The van der Waals surface area contributed by atoms with Gasteiger partial charge in [-0.3, -0.25) is 10.7 Å². The molecule has 0 unspecified atom stereocenters. The molecule has 0 saturated carbocycles.